The molecule has 2 nitrogen and oxygen atoms in total. The van der Waals surface area contributed by atoms with Crippen LogP contribution in [0.4, 0.5) is 0 Å². The Morgan fingerprint density at radius 3 is 2.33 bits per heavy atom. The maximum Gasteiger partial charge on any atom is 0.0933 e. The van der Waals surface area contributed by atoms with Gasteiger partial charge in [0.05, 0.1) is 3.72 Å². The minimum Gasteiger partial charge on any atom is -0.405 e. The highest BCUT2D eigenvalue weighted by molar-refractivity contribution is 14.1. The third-order valence-corrected chi connectivity index (χ3v) is 0.602. The zero-order valence-electron chi connectivity index (χ0n) is 3.11. The predicted molar refractivity (Wildman–Crippen MR) is 35.1 cm³/mol. The molecule has 0 amide bonds. The van der Waals surface area contributed by atoms with Crippen molar-refractivity contribution in [3.05, 3.63) is 12.3 Å². The lowest BCUT2D eigenvalue weighted by molar-refractivity contribution is 1.55. The average molecular weight is 196 g/mol. The Morgan fingerprint density at radius 1 is 1.83 bits per heavy atom. The molecule has 0 spiro atoms. The van der Waals surface area contributed by atoms with Crippen molar-refractivity contribution in [2.75, 3.05) is 0 Å². The lowest BCUT2D eigenvalue weighted by atomic mass is 10.7. The van der Waals surface area contributed by atoms with Crippen LogP contribution in [-0.2, 0) is 0 Å². The molecule has 0 saturated heterocycles. The largest absolute Gasteiger partial charge is 0.405 e. The van der Waals surface area contributed by atoms with E-state index in [2.05, 4.69) is 0 Å². The monoisotopic (exact) mass is 196 g/mol. The van der Waals surface area contributed by atoms with Crippen molar-refractivity contribution in [1.29, 1.82) is 5.41 Å². The van der Waals surface area contributed by atoms with E-state index in [1.807, 2.05) is 22.6 Å². The molecule has 0 atom stereocenters. The van der Waals surface area contributed by atoms with E-state index >= 15 is 0 Å². The van der Waals surface area contributed by atoms with Crippen LogP contribution in [0.1, 0.15) is 0 Å². The van der Waals surface area contributed by atoms with Crippen molar-refractivity contribution in [3.8, 4) is 0 Å². The Hall–Kier alpha value is -0.0600. The van der Waals surface area contributed by atoms with Gasteiger partial charge in [0.1, 0.15) is 0 Å². The van der Waals surface area contributed by atoms with Crippen LogP contribution in [0, 0.1) is 5.41 Å². The number of halogens is 1. The van der Waals surface area contributed by atoms with E-state index in [1.165, 1.54) is 12.3 Å². The Balaban J connectivity index is 3.30. The molecule has 0 aromatic heterocycles. The first-order valence-corrected chi connectivity index (χ1v) is 2.47. The van der Waals surface area contributed by atoms with E-state index in [1.54, 1.807) is 0 Å². The van der Waals surface area contributed by atoms with Crippen LogP contribution in [0.25, 0.3) is 0 Å². The molecule has 0 aromatic carbocycles. The van der Waals surface area contributed by atoms with Gasteiger partial charge in [-0.15, -0.1) is 0 Å². The molecule has 0 rings (SSSR count). The van der Waals surface area contributed by atoms with Gasteiger partial charge in [0, 0.05) is 0 Å². The van der Waals surface area contributed by atoms with Gasteiger partial charge < -0.3 is 5.73 Å². The van der Waals surface area contributed by atoms with E-state index in [-0.39, 0.29) is 0 Å². The first-order valence-electron chi connectivity index (χ1n) is 1.39. The summed E-state index contributed by atoms with van der Waals surface area (Å²) in [7, 11) is 0. The van der Waals surface area contributed by atoms with Gasteiger partial charge in [0.15, 0.2) is 0 Å². The van der Waals surface area contributed by atoms with Crippen LogP contribution in [-0.4, -0.2) is 3.72 Å². The summed E-state index contributed by atoms with van der Waals surface area (Å²) in [6.45, 7) is 0. The van der Waals surface area contributed by atoms with E-state index < -0.39 is 0 Å². The number of hydrogen-bond donors (Lipinski definition) is 2. The van der Waals surface area contributed by atoms with Gasteiger partial charge in [-0.2, -0.15) is 0 Å². The fourth-order valence-electron chi connectivity index (χ4n) is 0.0845. The SMILES string of the molecule is N=C(I)/C=C\N. The fraction of sp³-hybridized carbons (Fsp3) is 0. The van der Waals surface area contributed by atoms with Crippen LogP contribution in [0.2, 0.25) is 0 Å². The van der Waals surface area contributed by atoms with Gasteiger partial charge in [0.25, 0.3) is 0 Å². The molecule has 3 N–H and O–H groups in total. The van der Waals surface area contributed by atoms with E-state index in [9.17, 15) is 0 Å². The van der Waals surface area contributed by atoms with Crippen LogP contribution in [0.5, 0.6) is 0 Å². The van der Waals surface area contributed by atoms with E-state index in [0.29, 0.717) is 3.72 Å². The van der Waals surface area contributed by atoms with Gasteiger partial charge in [0.2, 0.25) is 0 Å². The maximum absolute atomic E-state index is 6.71. The summed E-state index contributed by atoms with van der Waals surface area (Å²) < 4.78 is 0.454. The van der Waals surface area contributed by atoms with Crippen molar-refractivity contribution in [3.63, 3.8) is 0 Å². The summed E-state index contributed by atoms with van der Waals surface area (Å²) in [5.41, 5.74) is 4.90. The molecule has 0 aromatic rings. The summed E-state index contributed by atoms with van der Waals surface area (Å²) in [6.07, 6.45) is 2.86. The van der Waals surface area contributed by atoms with Crippen LogP contribution in [0.15, 0.2) is 12.3 Å². The number of allylic oxidation sites excluding steroid dienone is 1. The first-order chi connectivity index (χ1) is 2.77. The van der Waals surface area contributed by atoms with Crippen LogP contribution >= 0.6 is 22.6 Å². The lowest BCUT2D eigenvalue weighted by Gasteiger charge is -1.71. The third-order valence-electron chi connectivity index (χ3n) is 0.243. The van der Waals surface area contributed by atoms with Crippen molar-refractivity contribution in [2.45, 2.75) is 0 Å². The fourth-order valence-corrected chi connectivity index (χ4v) is 0.292. The molecule has 0 radical (unpaired) electrons. The summed E-state index contributed by atoms with van der Waals surface area (Å²) in [6, 6.07) is 0. The van der Waals surface area contributed by atoms with Gasteiger partial charge >= 0.3 is 0 Å². The average Bonchev–Trinajstić information content (AvgIpc) is 1.35. The smallest absolute Gasteiger partial charge is 0.0933 e. The quantitative estimate of drug-likeness (QED) is 0.474. The number of nitrogens with one attached hydrogen (secondary N) is 1. The zero-order valence-corrected chi connectivity index (χ0v) is 5.27. The maximum atomic E-state index is 6.71. The highest BCUT2D eigenvalue weighted by Gasteiger charge is 1.70. The van der Waals surface area contributed by atoms with Gasteiger partial charge in [-0.1, -0.05) is 0 Å². The van der Waals surface area contributed by atoms with Crippen molar-refractivity contribution >= 4 is 26.3 Å². The Kier molecular flexibility index (Phi) is 3.11. The van der Waals surface area contributed by atoms with Gasteiger partial charge in [-0.25, -0.2) is 0 Å². The lowest BCUT2D eigenvalue weighted by Crippen LogP contribution is -1.78. The highest BCUT2D eigenvalue weighted by Crippen LogP contribution is 1.83. The number of nitrogens with two attached hydrogens (primary N) is 1. The predicted octanol–water partition coefficient (Wildman–Crippen LogP) is 0.871. The minimum absolute atomic E-state index is 0.454. The van der Waals surface area contributed by atoms with Gasteiger partial charge in [-0.3, -0.25) is 5.41 Å². The molecular formula is C3H5IN2. The standard InChI is InChI=1S/C3H5IN2/c4-3(6)1-2-5/h1-2,6H,5H2/b2-1-,6-3?. The summed E-state index contributed by atoms with van der Waals surface area (Å²) >= 11 is 1.86. The Bertz CT molecular complexity index is 76.9. The molecule has 0 aliphatic carbocycles. The molecule has 3 heteroatoms. The first kappa shape index (κ1) is 5.94. The van der Waals surface area contributed by atoms with Crippen LogP contribution < -0.4 is 5.73 Å². The normalized spacial score (nSPS) is 9.50. The molecule has 34 valence electrons. The second-order valence-electron chi connectivity index (χ2n) is 0.707. The summed E-state index contributed by atoms with van der Waals surface area (Å²) in [5.74, 6) is 0. The topological polar surface area (TPSA) is 49.9 Å². The van der Waals surface area contributed by atoms with Crippen molar-refractivity contribution in [1.82, 2.24) is 0 Å². The second-order valence-corrected chi connectivity index (χ2v) is 1.87. The molecule has 0 aliphatic rings. The van der Waals surface area contributed by atoms with E-state index in [4.69, 9.17) is 11.1 Å². The molecule has 0 aliphatic heterocycles. The van der Waals surface area contributed by atoms with E-state index in [0.717, 1.165) is 0 Å². The molecule has 6 heavy (non-hydrogen) atoms. The Morgan fingerprint density at radius 2 is 2.33 bits per heavy atom. The second kappa shape index (κ2) is 3.14. The Labute approximate surface area is 50.1 Å². The zero-order chi connectivity index (χ0) is 4.99. The van der Waals surface area contributed by atoms with Gasteiger partial charge in [-0.05, 0) is 34.9 Å². The number of hydrogen-bond acceptors (Lipinski definition) is 2. The highest BCUT2D eigenvalue weighted by atomic mass is 127. The molecule has 0 bridgehead atoms. The summed E-state index contributed by atoms with van der Waals surface area (Å²) in [4.78, 5) is 0. The molecular weight excluding hydrogens is 191 g/mol. The minimum atomic E-state index is 0.454. The molecule has 0 heterocycles. The summed E-state index contributed by atoms with van der Waals surface area (Å²) in [5, 5.41) is 6.71. The number of rotatable bonds is 1. The molecule has 0 saturated carbocycles. The third kappa shape index (κ3) is 3.94. The van der Waals surface area contributed by atoms with Crippen molar-refractivity contribution < 1.29 is 0 Å². The van der Waals surface area contributed by atoms with Crippen molar-refractivity contribution in [2.24, 2.45) is 5.73 Å². The van der Waals surface area contributed by atoms with Crippen LogP contribution in [0.3, 0.4) is 0 Å². The molecule has 0 unspecified atom stereocenters. The molecule has 0 fully saturated rings.